The fourth-order valence-corrected chi connectivity index (χ4v) is 3.76. The van der Waals surface area contributed by atoms with Gasteiger partial charge in [0.25, 0.3) is 0 Å². The van der Waals surface area contributed by atoms with Gasteiger partial charge >= 0.3 is 0 Å². The van der Waals surface area contributed by atoms with E-state index < -0.39 is 20.8 Å². The van der Waals surface area contributed by atoms with Crippen molar-refractivity contribution in [3.8, 4) is 0 Å². The first-order valence-electron chi connectivity index (χ1n) is 6.73. The van der Waals surface area contributed by atoms with Crippen LogP contribution in [-0.2, 0) is 20.8 Å². The van der Waals surface area contributed by atoms with Gasteiger partial charge in [-0.05, 0) is 31.5 Å². The summed E-state index contributed by atoms with van der Waals surface area (Å²) in [4.78, 5) is 0.283. The Balaban J connectivity index is 2.81. The lowest BCUT2D eigenvalue weighted by Gasteiger charge is -2.20. The molecule has 0 saturated heterocycles. The van der Waals surface area contributed by atoms with E-state index in [1.165, 1.54) is 18.4 Å². The van der Waals surface area contributed by atoms with Gasteiger partial charge in [0, 0.05) is 49.0 Å². The Morgan fingerprint density at radius 3 is 2.14 bits per heavy atom. The van der Waals surface area contributed by atoms with Crippen LogP contribution in [0.15, 0.2) is 29.2 Å². The average molecular weight is 332 g/mol. The van der Waals surface area contributed by atoms with Crippen LogP contribution in [0.25, 0.3) is 0 Å². The van der Waals surface area contributed by atoms with Crippen LogP contribution in [0.2, 0.25) is 0 Å². The van der Waals surface area contributed by atoms with Crippen LogP contribution >= 0.6 is 0 Å². The maximum atomic E-state index is 12.0. The van der Waals surface area contributed by atoms with Crippen molar-refractivity contribution in [2.45, 2.75) is 30.8 Å². The van der Waals surface area contributed by atoms with E-state index >= 15 is 0 Å². The molecule has 3 atom stereocenters. The third kappa shape index (κ3) is 5.18. The van der Waals surface area contributed by atoms with E-state index in [9.17, 15) is 12.6 Å². The zero-order valence-corrected chi connectivity index (χ0v) is 14.8. The number of benzene rings is 1. The normalized spacial score (nSPS) is 16.7. The lowest BCUT2D eigenvalue weighted by Crippen LogP contribution is -2.33. The SMILES string of the molecule is CC(CS(C)=O)NC(C)c1ccc(S(=O)(=O)N(C)C)cc1. The van der Waals surface area contributed by atoms with Crippen molar-refractivity contribution in [3.63, 3.8) is 0 Å². The van der Waals surface area contributed by atoms with E-state index in [0.29, 0.717) is 5.75 Å². The average Bonchev–Trinajstić information content (AvgIpc) is 2.37. The number of sulfonamides is 1. The highest BCUT2D eigenvalue weighted by atomic mass is 32.2. The topological polar surface area (TPSA) is 66.5 Å². The summed E-state index contributed by atoms with van der Waals surface area (Å²) in [6.45, 7) is 3.99. The number of hydrogen-bond acceptors (Lipinski definition) is 4. The quantitative estimate of drug-likeness (QED) is 0.819. The molecule has 0 saturated carbocycles. The molecule has 0 amide bonds. The van der Waals surface area contributed by atoms with E-state index in [2.05, 4.69) is 5.32 Å². The summed E-state index contributed by atoms with van der Waals surface area (Å²) in [5.41, 5.74) is 1.00. The fraction of sp³-hybridized carbons (Fsp3) is 0.571. The molecular weight excluding hydrogens is 308 g/mol. The third-order valence-corrected chi connectivity index (χ3v) is 5.98. The van der Waals surface area contributed by atoms with Crippen molar-refractivity contribution < 1.29 is 12.6 Å². The van der Waals surface area contributed by atoms with Crippen molar-refractivity contribution in [2.75, 3.05) is 26.1 Å². The number of hydrogen-bond donors (Lipinski definition) is 1. The molecule has 1 aromatic carbocycles. The third-order valence-electron chi connectivity index (χ3n) is 3.18. The van der Waals surface area contributed by atoms with Gasteiger partial charge in [-0.3, -0.25) is 4.21 Å². The highest BCUT2D eigenvalue weighted by molar-refractivity contribution is 7.89. The lowest BCUT2D eigenvalue weighted by molar-refractivity contribution is 0.507. The summed E-state index contributed by atoms with van der Waals surface area (Å²) < 4.78 is 36.4. The fourth-order valence-electron chi connectivity index (χ4n) is 2.06. The van der Waals surface area contributed by atoms with E-state index in [1.54, 1.807) is 18.4 Å². The minimum atomic E-state index is -3.39. The van der Waals surface area contributed by atoms with Gasteiger partial charge in [-0.1, -0.05) is 12.1 Å². The van der Waals surface area contributed by atoms with Gasteiger partial charge < -0.3 is 5.32 Å². The monoisotopic (exact) mass is 332 g/mol. The minimum absolute atomic E-state index is 0.0691. The second kappa shape index (κ2) is 7.49. The predicted octanol–water partition coefficient (Wildman–Crippen LogP) is 1.35. The molecular formula is C14H24N2O3S2. The van der Waals surface area contributed by atoms with Crippen molar-refractivity contribution in [2.24, 2.45) is 0 Å². The minimum Gasteiger partial charge on any atom is -0.307 e. The molecule has 7 heteroatoms. The number of nitrogens with zero attached hydrogens (tertiary/aromatic N) is 1. The Labute approximate surface area is 130 Å². The molecule has 0 fully saturated rings. The van der Waals surface area contributed by atoms with Crippen molar-refractivity contribution in [1.82, 2.24) is 9.62 Å². The Hall–Kier alpha value is -0.760. The van der Waals surface area contributed by atoms with Crippen LogP contribution in [0, 0.1) is 0 Å². The molecule has 0 aliphatic carbocycles. The summed E-state index contributed by atoms with van der Waals surface area (Å²) in [5.74, 6) is 0.595. The first-order valence-corrected chi connectivity index (χ1v) is 9.90. The smallest absolute Gasteiger partial charge is 0.242 e. The van der Waals surface area contributed by atoms with Crippen LogP contribution in [0.4, 0.5) is 0 Å². The molecule has 0 aliphatic rings. The van der Waals surface area contributed by atoms with Gasteiger partial charge in [0.2, 0.25) is 10.0 Å². The lowest BCUT2D eigenvalue weighted by atomic mass is 10.1. The molecule has 1 aromatic rings. The van der Waals surface area contributed by atoms with Crippen LogP contribution in [0.3, 0.4) is 0 Å². The second-order valence-electron chi connectivity index (χ2n) is 5.39. The van der Waals surface area contributed by atoms with Crippen LogP contribution < -0.4 is 5.32 Å². The van der Waals surface area contributed by atoms with Gasteiger partial charge in [-0.25, -0.2) is 12.7 Å². The molecule has 0 spiro atoms. The summed E-state index contributed by atoms with van der Waals surface area (Å²) >= 11 is 0. The molecule has 120 valence electrons. The maximum Gasteiger partial charge on any atom is 0.242 e. The molecule has 1 N–H and O–H groups in total. The molecule has 21 heavy (non-hydrogen) atoms. The predicted molar refractivity (Wildman–Crippen MR) is 87.3 cm³/mol. The Kier molecular flexibility index (Phi) is 6.52. The zero-order valence-electron chi connectivity index (χ0n) is 13.2. The van der Waals surface area contributed by atoms with Gasteiger partial charge in [0.1, 0.15) is 0 Å². The van der Waals surface area contributed by atoms with Crippen molar-refractivity contribution >= 4 is 20.8 Å². The number of nitrogens with one attached hydrogen (secondary N) is 1. The van der Waals surface area contributed by atoms with Crippen molar-refractivity contribution in [3.05, 3.63) is 29.8 Å². The second-order valence-corrected chi connectivity index (χ2v) is 9.02. The van der Waals surface area contributed by atoms with E-state index in [1.807, 2.05) is 26.0 Å². The molecule has 0 radical (unpaired) electrons. The molecule has 0 aliphatic heterocycles. The summed E-state index contributed by atoms with van der Waals surface area (Å²) in [5, 5.41) is 3.36. The molecule has 3 unspecified atom stereocenters. The summed E-state index contributed by atoms with van der Waals surface area (Å²) in [7, 11) is -1.19. The summed E-state index contributed by atoms with van der Waals surface area (Å²) in [6, 6.07) is 7.06. The molecule has 5 nitrogen and oxygen atoms in total. The van der Waals surface area contributed by atoms with Crippen LogP contribution in [-0.4, -0.2) is 49.1 Å². The molecule has 0 aromatic heterocycles. The zero-order chi connectivity index (χ0) is 16.2. The highest BCUT2D eigenvalue weighted by Gasteiger charge is 2.17. The number of rotatable bonds is 7. The van der Waals surface area contributed by atoms with Crippen LogP contribution in [0.1, 0.15) is 25.5 Å². The van der Waals surface area contributed by atoms with Crippen molar-refractivity contribution in [1.29, 1.82) is 0 Å². The summed E-state index contributed by atoms with van der Waals surface area (Å²) in [6.07, 6.45) is 1.68. The molecule has 1 rings (SSSR count). The first kappa shape index (κ1) is 18.3. The Morgan fingerprint density at radius 2 is 1.71 bits per heavy atom. The van der Waals surface area contributed by atoms with Gasteiger partial charge in [-0.15, -0.1) is 0 Å². The highest BCUT2D eigenvalue weighted by Crippen LogP contribution is 2.18. The Morgan fingerprint density at radius 1 is 1.19 bits per heavy atom. The largest absolute Gasteiger partial charge is 0.307 e. The van der Waals surface area contributed by atoms with E-state index in [0.717, 1.165) is 5.56 Å². The van der Waals surface area contributed by atoms with Gasteiger partial charge in [0.05, 0.1) is 4.90 Å². The van der Waals surface area contributed by atoms with E-state index in [-0.39, 0.29) is 17.0 Å². The van der Waals surface area contributed by atoms with Gasteiger partial charge in [-0.2, -0.15) is 0 Å². The van der Waals surface area contributed by atoms with Crippen LogP contribution in [0.5, 0.6) is 0 Å². The molecule has 0 heterocycles. The first-order chi connectivity index (χ1) is 9.64. The maximum absolute atomic E-state index is 12.0. The Bertz CT molecular complexity index is 583. The standard InChI is InChI=1S/C14H24N2O3S2/c1-11(10-20(5)17)15-12(2)13-6-8-14(9-7-13)21(18,19)16(3)4/h6-9,11-12,15H,10H2,1-5H3. The van der Waals surface area contributed by atoms with Gasteiger partial charge in [0.15, 0.2) is 0 Å². The molecule has 0 bridgehead atoms. The van der Waals surface area contributed by atoms with E-state index in [4.69, 9.17) is 0 Å².